The van der Waals surface area contributed by atoms with Gasteiger partial charge in [0.05, 0.1) is 0 Å². The third-order valence-corrected chi connectivity index (χ3v) is 4.38. The second-order valence-electron chi connectivity index (χ2n) is 5.45. The summed E-state index contributed by atoms with van der Waals surface area (Å²) < 4.78 is 32.8. The van der Waals surface area contributed by atoms with Crippen molar-refractivity contribution in [1.82, 2.24) is 15.0 Å². The standard InChI is InChI=1S/C18H12F2N4OS.ClH/c1-10-5-6-14-17(22-10)26-18(23-14)24-15-9-11(7-8-21-15)25-16-12(19)3-2-4-13(16)20;/h2-9H,1H3,(H,21,23,24);1H. The van der Waals surface area contributed by atoms with Gasteiger partial charge in [0.15, 0.2) is 22.5 Å². The molecule has 1 aromatic carbocycles. The van der Waals surface area contributed by atoms with Gasteiger partial charge in [-0.2, -0.15) is 0 Å². The molecule has 5 nitrogen and oxygen atoms in total. The molecule has 0 radical (unpaired) electrons. The summed E-state index contributed by atoms with van der Waals surface area (Å²) in [6, 6.07) is 10.4. The zero-order valence-electron chi connectivity index (χ0n) is 13.9. The zero-order valence-corrected chi connectivity index (χ0v) is 15.6. The van der Waals surface area contributed by atoms with Crippen LogP contribution in [0.4, 0.5) is 19.7 Å². The summed E-state index contributed by atoms with van der Waals surface area (Å²) in [5.41, 5.74) is 1.69. The molecule has 0 aliphatic rings. The van der Waals surface area contributed by atoms with Crippen molar-refractivity contribution < 1.29 is 13.5 Å². The normalized spacial score (nSPS) is 10.5. The van der Waals surface area contributed by atoms with Crippen LogP contribution in [0.2, 0.25) is 0 Å². The molecule has 0 saturated carbocycles. The fraction of sp³-hybridized carbons (Fsp3) is 0.0556. The Kier molecular flexibility index (Phi) is 5.48. The van der Waals surface area contributed by atoms with E-state index in [4.69, 9.17) is 4.74 Å². The smallest absolute Gasteiger partial charge is 0.198 e. The number of nitrogens with one attached hydrogen (secondary N) is 1. The number of hydrogen-bond acceptors (Lipinski definition) is 6. The number of rotatable bonds is 4. The quantitative estimate of drug-likeness (QED) is 0.476. The second-order valence-corrected chi connectivity index (χ2v) is 6.43. The molecule has 4 rings (SSSR count). The average molecular weight is 407 g/mol. The Bertz CT molecular complexity index is 1090. The van der Waals surface area contributed by atoms with Crippen LogP contribution in [-0.4, -0.2) is 15.0 Å². The lowest BCUT2D eigenvalue weighted by molar-refractivity contribution is 0.407. The molecule has 1 N–H and O–H groups in total. The van der Waals surface area contributed by atoms with Gasteiger partial charge >= 0.3 is 0 Å². The van der Waals surface area contributed by atoms with Crippen LogP contribution in [0.25, 0.3) is 10.3 Å². The molecule has 0 saturated heterocycles. The highest BCUT2D eigenvalue weighted by molar-refractivity contribution is 7.21. The number of nitrogens with zero attached hydrogens (tertiary/aromatic N) is 3. The van der Waals surface area contributed by atoms with E-state index < -0.39 is 17.4 Å². The number of benzene rings is 1. The maximum Gasteiger partial charge on any atom is 0.198 e. The molecule has 0 amide bonds. The lowest BCUT2D eigenvalue weighted by Gasteiger charge is -2.09. The van der Waals surface area contributed by atoms with Gasteiger partial charge in [0.2, 0.25) is 0 Å². The number of pyridine rings is 2. The lowest BCUT2D eigenvalue weighted by Crippen LogP contribution is -1.95. The SMILES string of the molecule is Cc1ccc2nc(Nc3cc(Oc4c(F)cccc4F)ccn3)sc2n1.Cl. The molecule has 0 aliphatic heterocycles. The van der Waals surface area contributed by atoms with Crippen LogP contribution in [-0.2, 0) is 0 Å². The van der Waals surface area contributed by atoms with Crippen molar-refractivity contribution in [2.24, 2.45) is 0 Å². The maximum absolute atomic E-state index is 13.7. The van der Waals surface area contributed by atoms with Crippen LogP contribution in [0, 0.1) is 18.6 Å². The Labute approximate surface area is 163 Å². The van der Waals surface area contributed by atoms with E-state index in [0.29, 0.717) is 10.9 Å². The molecule has 0 aliphatic carbocycles. The highest BCUT2D eigenvalue weighted by Gasteiger charge is 2.12. The monoisotopic (exact) mass is 406 g/mol. The Balaban J connectivity index is 0.00000210. The summed E-state index contributed by atoms with van der Waals surface area (Å²) in [7, 11) is 0. The second kappa shape index (κ2) is 7.81. The number of fused-ring (bicyclic) bond motifs is 1. The van der Waals surface area contributed by atoms with Crippen molar-refractivity contribution in [3.8, 4) is 11.5 Å². The summed E-state index contributed by atoms with van der Waals surface area (Å²) in [4.78, 5) is 13.8. The van der Waals surface area contributed by atoms with Crippen LogP contribution < -0.4 is 10.1 Å². The van der Waals surface area contributed by atoms with Crippen molar-refractivity contribution in [2.75, 3.05) is 5.32 Å². The van der Waals surface area contributed by atoms with Gasteiger partial charge in [-0.3, -0.25) is 0 Å². The van der Waals surface area contributed by atoms with E-state index in [1.165, 1.54) is 35.7 Å². The van der Waals surface area contributed by atoms with Crippen LogP contribution in [0.15, 0.2) is 48.7 Å². The Morgan fingerprint density at radius 3 is 2.59 bits per heavy atom. The highest BCUT2D eigenvalue weighted by Crippen LogP contribution is 2.30. The predicted octanol–water partition coefficient (Wildman–Crippen LogP) is 5.63. The van der Waals surface area contributed by atoms with Crippen LogP contribution in [0.1, 0.15) is 5.69 Å². The first-order valence-electron chi connectivity index (χ1n) is 7.67. The molecule has 138 valence electrons. The summed E-state index contributed by atoms with van der Waals surface area (Å²) in [6.07, 6.45) is 1.48. The van der Waals surface area contributed by atoms with E-state index in [9.17, 15) is 8.78 Å². The van der Waals surface area contributed by atoms with Gasteiger partial charge in [0.1, 0.15) is 21.9 Å². The molecule has 3 aromatic heterocycles. The molecule has 4 aromatic rings. The Hall–Kier alpha value is -2.84. The van der Waals surface area contributed by atoms with Gasteiger partial charge in [-0.1, -0.05) is 17.4 Å². The van der Waals surface area contributed by atoms with Crippen molar-refractivity contribution >= 4 is 45.0 Å². The van der Waals surface area contributed by atoms with Crippen molar-refractivity contribution in [3.05, 3.63) is 66.0 Å². The van der Waals surface area contributed by atoms with E-state index in [1.807, 2.05) is 19.1 Å². The van der Waals surface area contributed by atoms with Gasteiger partial charge in [-0.25, -0.2) is 23.7 Å². The average Bonchev–Trinajstić information content (AvgIpc) is 3.00. The molecule has 0 spiro atoms. The third-order valence-electron chi connectivity index (χ3n) is 3.50. The molecular weight excluding hydrogens is 394 g/mol. The largest absolute Gasteiger partial charge is 0.451 e. The number of para-hydroxylation sites is 1. The van der Waals surface area contributed by atoms with Crippen LogP contribution in [0.3, 0.4) is 0 Å². The number of hydrogen-bond donors (Lipinski definition) is 1. The topological polar surface area (TPSA) is 59.9 Å². The molecule has 9 heteroatoms. The van der Waals surface area contributed by atoms with Crippen LogP contribution >= 0.6 is 23.7 Å². The maximum atomic E-state index is 13.7. The summed E-state index contributed by atoms with van der Waals surface area (Å²) >= 11 is 1.39. The van der Waals surface area contributed by atoms with Gasteiger partial charge in [0.25, 0.3) is 0 Å². The van der Waals surface area contributed by atoms with Gasteiger partial charge < -0.3 is 10.1 Å². The van der Waals surface area contributed by atoms with Gasteiger partial charge in [-0.05, 0) is 37.3 Å². The zero-order chi connectivity index (χ0) is 18.1. The molecule has 3 heterocycles. The fourth-order valence-electron chi connectivity index (χ4n) is 2.31. The molecule has 0 bridgehead atoms. The molecule has 0 unspecified atom stereocenters. The highest BCUT2D eigenvalue weighted by atomic mass is 35.5. The number of aromatic nitrogens is 3. The summed E-state index contributed by atoms with van der Waals surface area (Å²) in [5, 5.41) is 3.67. The molecule has 0 atom stereocenters. The van der Waals surface area contributed by atoms with Crippen molar-refractivity contribution in [2.45, 2.75) is 6.92 Å². The first-order valence-corrected chi connectivity index (χ1v) is 8.49. The first kappa shape index (κ1) is 18.9. The van der Waals surface area contributed by atoms with E-state index in [1.54, 1.807) is 0 Å². The third kappa shape index (κ3) is 4.12. The van der Waals surface area contributed by atoms with Crippen molar-refractivity contribution in [3.63, 3.8) is 0 Å². The first-order chi connectivity index (χ1) is 12.6. The number of ether oxygens (including phenoxy) is 1. The summed E-state index contributed by atoms with van der Waals surface area (Å²) in [6.45, 7) is 1.91. The fourth-order valence-corrected chi connectivity index (χ4v) is 3.20. The van der Waals surface area contributed by atoms with Gasteiger partial charge in [-0.15, -0.1) is 12.4 Å². The van der Waals surface area contributed by atoms with Gasteiger partial charge in [0, 0.05) is 18.0 Å². The lowest BCUT2D eigenvalue weighted by atomic mass is 10.3. The van der Waals surface area contributed by atoms with E-state index >= 15 is 0 Å². The molecular formula is C18H13ClF2N4OS. The predicted molar refractivity (Wildman–Crippen MR) is 103 cm³/mol. The van der Waals surface area contributed by atoms with Crippen molar-refractivity contribution in [1.29, 1.82) is 0 Å². The number of thiazole rings is 1. The Morgan fingerprint density at radius 2 is 1.81 bits per heavy atom. The number of halogens is 3. The van der Waals surface area contributed by atoms with E-state index in [0.717, 1.165) is 28.2 Å². The van der Waals surface area contributed by atoms with E-state index in [-0.39, 0.29) is 18.2 Å². The molecule has 0 fully saturated rings. The van der Waals surface area contributed by atoms with Crippen LogP contribution in [0.5, 0.6) is 11.5 Å². The Morgan fingerprint density at radius 1 is 1.04 bits per heavy atom. The number of anilines is 2. The minimum atomic E-state index is -0.774. The minimum Gasteiger partial charge on any atom is -0.451 e. The van der Waals surface area contributed by atoms with E-state index in [2.05, 4.69) is 20.3 Å². The number of aryl methyl sites for hydroxylation is 1. The molecule has 27 heavy (non-hydrogen) atoms. The minimum absolute atomic E-state index is 0. The summed E-state index contributed by atoms with van der Waals surface area (Å²) in [5.74, 6) is -1.31.